The van der Waals surface area contributed by atoms with Crippen LogP contribution in [0, 0.1) is 0 Å². The lowest BCUT2D eigenvalue weighted by molar-refractivity contribution is -0.131. The molecule has 33 heavy (non-hydrogen) atoms. The van der Waals surface area contributed by atoms with Crippen molar-refractivity contribution in [2.24, 2.45) is 0 Å². The molecule has 0 aliphatic carbocycles. The summed E-state index contributed by atoms with van der Waals surface area (Å²) in [6.07, 6.45) is 0.709. The van der Waals surface area contributed by atoms with Crippen molar-refractivity contribution in [2.75, 3.05) is 11.9 Å². The molecule has 5 nitrogen and oxygen atoms in total. The number of anilines is 1. The molecular formula is C26H24ClN3O2S. The average Bonchev–Trinajstić information content (AvgIpc) is 3.04. The number of hydrogen-bond acceptors (Lipinski definition) is 3. The van der Waals surface area contributed by atoms with Gasteiger partial charge in [0, 0.05) is 17.3 Å². The van der Waals surface area contributed by atoms with Gasteiger partial charge in [0.15, 0.2) is 5.11 Å². The highest BCUT2D eigenvalue weighted by molar-refractivity contribution is 7.80. The van der Waals surface area contributed by atoms with E-state index in [4.69, 9.17) is 23.8 Å². The van der Waals surface area contributed by atoms with Gasteiger partial charge in [-0.3, -0.25) is 14.5 Å². The van der Waals surface area contributed by atoms with Gasteiger partial charge in [0.25, 0.3) is 5.91 Å². The van der Waals surface area contributed by atoms with Gasteiger partial charge in [-0.05, 0) is 54.0 Å². The molecule has 0 bridgehead atoms. The molecule has 168 valence electrons. The van der Waals surface area contributed by atoms with Gasteiger partial charge in [-0.25, -0.2) is 0 Å². The van der Waals surface area contributed by atoms with Crippen LogP contribution in [0.25, 0.3) is 0 Å². The highest BCUT2D eigenvalue weighted by Crippen LogP contribution is 2.24. The van der Waals surface area contributed by atoms with Crippen molar-refractivity contribution in [1.82, 2.24) is 9.80 Å². The Balaban J connectivity index is 1.51. The van der Waals surface area contributed by atoms with E-state index in [0.29, 0.717) is 35.3 Å². The Morgan fingerprint density at radius 1 is 0.909 bits per heavy atom. The third kappa shape index (κ3) is 5.78. The van der Waals surface area contributed by atoms with Gasteiger partial charge in [-0.15, -0.1) is 0 Å². The summed E-state index contributed by atoms with van der Waals surface area (Å²) in [5.74, 6) is -0.372. The molecular weight excluding hydrogens is 454 g/mol. The first-order valence-corrected chi connectivity index (χ1v) is 11.5. The molecule has 3 aromatic carbocycles. The van der Waals surface area contributed by atoms with Crippen LogP contribution >= 0.6 is 23.8 Å². The summed E-state index contributed by atoms with van der Waals surface area (Å²) in [6.45, 7) is 0.910. The molecule has 1 aliphatic heterocycles. The largest absolute Gasteiger partial charge is 0.336 e. The highest BCUT2D eigenvalue weighted by atomic mass is 35.5. The number of halogens is 1. The molecule has 1 saturated heterocycles. The monoisotopic (exact) mass is 477 g/mol. The van der Waals surface area contributed by atoms with Crippen LogP contribution in [0.5, 0.6) is 0 Å². The van der Waals surface area contributed by atoms with E-state index in [9.17, 15) is 9.59 Å². The molecule has 0 radical (unpaired) electrons. The normalized spacial score (nSPS) is 15.7. The SMILES string of the molecule is O=C(CC1C(=O)N(Cc2ccccc2)C(=S)N1CCc1ccc(Cl)cc1)Nc1ccccc1. The Morgan fingerprint density at radius 3 is 2.21 bits per heavy atom. The topological polar surface area (TPSA) is 52.7 Å². The molecule has 1 unspecified atom stereocenters. The Morgan fingerprint density at radius 2 is 1.55 bits per heavy atom. The maximum Gasteiger partial charge on any atom is 0.252 e. The predicted octanol–water partition coefficient (Wildman–Crippen LogP) is 4.91. The summed E-state index contributed by atoms with van der Waals surface area (Å²) in [6, 6.07) is 25.9. The van der Waals surface area contributed by atoms with Crippen LogP contribution in [-0.2, 0) is 22.6 Å². The van der Waals surface area contributed by atoms with Crippen LogP contribution in [0.2, 0.25) is 5.02 Å². The number of para-hydroxylation sites is 1. The first kappa shape index (κ1) is 23.0. The van der Waals surface area contributed by atoms with Gasteiger partial charge in [0.05, 0.1) is 13.0 Å². The summed E-state index contributed by atoms with van der Waals surface area (Å²) in [5.41, 5.74) is 2.77. The quantitative estimate of drug-likeness (QED) is 0.468. The fraction of sp³-hybridized carbons (Fsp3) is 0.192. The molecule has 3 aromatic rings. The van der Waals surface area contributed by atoms with Crippen molar-refractivity contribution in [1.29, 1.82) is 0 Å². The van der Waals surface area contributed by atoms with Crippen LogP contribution in [0.4, 0.5) is 5.69 Å². The highest BCUT2D eigenvalue weighted by Gasteiger charge is 2.43. The summed E-state index contributed by atoms with van der Waals surface area (Å²) in [7, 11) is 0. The van der Waals surface area contributed by atoms with Crippen LogP contribution in [-0.4, -0.2) is 39.3 Å². The number of nitrogens with one attached hydrogen (secondary N) is 1. The Bertz CT molecular complexity index is 1120. The fourth-order valence-electron chi connectivity index (χ4n) is 3.87. The summed E-state index contributed by atoms with van der Waals surface area (Å²) < 4.78 is 0. The van der Waals surface area contributed by atoms with E-state index in [2.05, 4.69) is 5.32 Å². The number of rotatable bonds is 8. The molecule has 1 aliphatic rings. The van der Waals surface area contributed by atoms with Gasteiger partial charge in [-0.2, -0.15) is 0 Å². The van der Waals surface area contributed by atoms with Crippen LogP contribution in [0.3, 0.4) is 0 Å². The smallest absolute Gasteiger partial charge is 0.252 e. The molecule has 2 amide bonds. The van der Waals surface area contributed by atoms with E-state index in [-0.39, 0.29) is 18.2 Å². The van der Waals surface area contributed by atoms with E-state index >= 15 is 0 Å². The summed E-state index contributed by atoms with van der Waals surface area (Å²) in [5, 5.41) is 4.01. The third-order valence-corrected chi connectivity index (χ3v) is 6.29. The number of carbonyl (C=O) groups excluding carboxylic acids is 2. The van der Waals surface area contributed by atoms with Crippen molar-refractivity contribution in [3.8, 4) is 0 Å². The average molecular weight is 478 g/mol. The van der Waals surface area contributed by atoms with E-state index in [0.717, 1.165) is 11.1 Å². The number of nitrogens with zero attached hydrogens (tertiary/aromatic N) is 2. The first-order valence-electron chi connectivity index (χ1n) is 10.8. The molecule has 1 N–H and O–H groups in total. The first-order chi connectivity index (χ1) is 16.0. The standard InChI is InChI=1S/C26H24ClN3O2S/c27-21-13-11-19(12-14-21)15-16-29-23(17-24(31)28-22-9-5-2-6-10-22)25(32)30(26(29)33)18-20-7-3-1-4-8-20/h1-14,23H,15-18H2,(H,28,31). The van der Waals surface area contributed by atoms with Gasteiger partial charge >= 0.3 is 0 Å². The Labute approximate surface area is 204 Å². The summed E-state index contributed by atoms with van der Waals surface area (Å²) in [4.78, 5) is 29.6. The second-order valence-corrected chi connectivity index (χ2v) is 8.70. The molecule has 0 saturated carbocycles. The zero-order chi connectivity index (χ0) is 23.2. The minimum atomic E-state index is -0.641. The molecule has 0 spiro atoms. The fourth-order valence-corrected chi connectivity index (χ4v) is 4.37. The maximum absolute atomic E-state index is 13.4. The second kappa shape index (κ2) is 10.6. The molecule has 7 heteroatoms. The predicted molar refractivity (Wildman–Crippen MR) is 135 cm³/mol. The van der Waals surface area contributed by atoms with E-state index < -0.39 is 6.04 Å². The number of thiocarbonyl (C=S) groups is 1. The number of carbonyl (C=O) groups is 2. The number of hydrogen-bond donors (Lipinski definition) is 1. The zero-order valence-corrected chi connectivity index (χ0v) is 19.6. The van der Waals surface area contributed by atoms with E-state index in [1.165, 1.54) is 0 Å². The zero-order valence-electron chi connectivity index (χ0n) is 18.0. The third-order valence-electron chi connectivity index (χ3n) is 5.58. The lowest BCUT2D eigenvalue weighted by Gasteiger charge is -2.24. The lowest BCUT2D eigenvalue weighted by atomic mass is 10.1. The Hall–Kier alpha value is -3.22. The number of amides is 2. The van der Waals surface area contributed by atoms with Crippen molar-refractivity contribution >= 4 is 46.4 Å². The molecule has 1 atom stereocenters. The van der Waals surface area contributed by atoms with Crippen molar-refractivity contribution in [3.63, 3.8) is 0 Å². The van der Waals surface area contributed by atoms with Gasteiger partial charge in [0.1, 0.15) is 6.04 Å². The molecule has 0 aromatic heterocycles. The van der Waals surface area contributed by atoms with E-state index in [1.807, 2.05) is 89.8 Å². The van der Waals surface area contributed by atoms with Crippen LogP contribution in [0.15, 0.2) is 84.9 Å². The van der Waals surface area contributed by atoms with Crippen LogP contribution in [0.1, 0.15) is 17.5 Å². The minimum Gasteiger partial charge on any atom is -0.336 e. The van der Waals surface area contributed by atoms with Gasteiger partial charge < -0.3 is 10.2 Å². The molecule has 1 fully saturated rings. The molecule has 4 rings (SSSR count). The lowest BCUT2D eigenvalue weighted by Crippen LogP contribution is -2.39. The van der Waals surface area contributed by atoms with Crippen LogP contribution < -0.4 is 5.32 Å². The van der Waals surface area contributed by atoms with Gasteiger partial charge in [-0.1, -0.05) is 72.3 Å². The number of benzene rings is 3. The summed E-state index contributed by atoms with van der Waals surface area (Å²) >= 11 is 11.7. The minimum absolute atomic E-state index is 0.0276. The van der Waals surface area contributed by atoms with Crippen molar-refractivity contribution in [3.05, 3.63) is 101 Å². The van der Waals surface area contributed by atoms with E-state index in [1.54, 1.807) is 4.90 Å². The second-order valence-electron chi connectivity index (χ2n) is 7.90. The molecule has 1 heterocycles. The van der Waals surface area contributed by atoms with Crippen molar-refractivity contribution < 1.29 is 9.59 Å². The Kier molecular flexibility index (Phi) is 7.37. The van der Waals surface area contributed by atoms with Gasteiger partial charge in [0.2, 0.25) is 5.91 Å². The maximum atomic E-state index is 13.4. The van der Waals surface area contributed by atoms with Crippen molar-refractivity contribution in [2.45, 2.75) is 25.4 Å².